The molecule has 0 unspecified atom stereocenters. The number of para-hydroxylation sites is 2. The molecule has 30 heavy (non-hydrogen) atoms. The first-order valence-corrected chi connectivity index (χ1v) is 10.3. The van der Waals surface area contributed by atoms with Crippen LogP contribution in [0.1, 0.15) is 45.4 Å². The monoisotopic (exact) mass is 417 g/mol. The zero-order chi connectivity index (χ0) is 21.5. The van der Waals surface area contributed by atoms with E-state index in [0.29, 0.717) is 11.4 Å². The summed E-state index contributed by atoms with van der Waals surface area (Å²) < 4.78 is 10.5. The van der Waals surface area contributed by atoms with Crippen molar-refractivity contribution in [3.63, 3.8) is 0 Å². The van der Waals surface area contributed by atoms with Gasteiger partial charge < -0.3 is 19.7 Å². The Morgan fingerprint density at radius 1 is 1.20 bits per heavy atom. The van der Waals surface area contributed by atoms with E-state index in [1.807, 2.05) is 0 Å². The van der Waals surface area contributed by atoms with E-state index in [-0.39, 0.29) is 31.5 Å². The number of hydrogen-bond donors (Lipinski definition) is 2. The van der Waals surface area contributed by atoms with E-state index in [4.69, 9.17) is 9.47 Å². The van der Waals surface area contributed by atoms with Gasteiger partial charge in [-0.2, -0.15) is 0 Å². The first kappa shape index (κ1) is 21.6. The number of urea groups is 1. The van der Waals surface area contributed by atoms with Gasteiger partial charge in [0.15, 0.2) is 12.7 Å². The maximum Gasteiger partial charge on any atom is 0.321 e. The van der Waals surface area contributed by atoms with E-state index < -0.39 is 24.0 Å². The van der Waals surface area contributed by atoms with Gasteiger partial charge in [-0.3, -0.25) is 19.7 Å². The first-order chi connectivity index (χ1) is 14.4. The highest BCUT2D eigenvalue weighted by molar-refractivity contribution is 5.99. The molecule has 1 aliphatic heterocycles. The van der Waals surface area contributed by atoms with Crippen molar-refractivity contribution in [2.75, 3.05) is 18.1 Å². The summed E-state index contributed by atoms with van der Waals surface area (Å²) in [6.07, 6.45) is 3.86. The van der Waals surface area contributed by atoms with Crippen molar-refractivity contribution >= 4 is 29.5 Å². The van der Waals surface area contributed by atoms with Crippen LogP contribution in [0.2, 0.25) is 0 Å². The van der Waals surface area contributed by atoms with Crippen molar-refractivity contribution in [1.82, 2.24) is 10.6 Å². The molecule has 9 nitrogen and oxygen atoms in total. The second-order valence-corrected chi connectivity index (χ2v) is 7.48. The van der Waals surface area contributed by atoms with Crippen LogP contribution in [0.3, 0.4) is 0 Å². The summed E-state index contributed by atoms with van der Waals surface area (Å²) in [6.45, 7) is 1.41. The first-order valence-electron chi connectivity index (χ1n) is 10.3. The molecule has 1 atom stereocenters. The third kappa shape index (κ3) is 5.71. The lowest BCUT2D eigenvalue weighted by Crippen LogP contribution is -2.48. The van der Waals surface area contributed by atoms with Gasteiger partial charge in [-0.15, -0.1) is 0 Å². The molecule has 0 aromatic heterocycles. The number of amides is 4. The van der Waals surface area contributed by atoms with Crippen LogP contribution < -0.4 is 20.3 Å². The maximum absolute atomic E-state index is 12.1. The number of hydrogen-bond acceptors (Lipinski definition) is 6. The molecule has 1 fully saturated rings. The predicted octanol–water partition coefficient (Wildman–Crippen LogP) is 1.89. The Balaban J connectivity index is 1.43. The van der Waals surface area contributed by atoms with Gasteiger partial charge >= 0.3 is 12.0 Å². The molecule has 2 N–H and O–H groups in total. The molecular weight excluding hydrogens is 390 g/mol. The Kier molecular flexibility index (Phi) is 7.26. The average Bonchev–Trinajstić information content (AvgIpc) is 2.73. The molecule has 162 valence electrons. The topological polar surface area (TPSA) is 114 Å². The maximum atomic E-state index is 12.1. The fourth-order valence-electron chi connectivity index (χ4n) is 3.59. The highest BCUT2D eigenvalue weighted by Gasteiger charge is 2.27. The zero-order valence-electron chi connectivity index (χ0n) is 17.0. The minimum Gasteiger partial charge on any atom is -0.482 e. The van der Waals surface area contributed by atoms with E-state index in [1.165, 1.54) is 11.8 Å². The van der Waals surface area contributed by atoms with E-state index in [0.717, 1.165) is 32.1 Å². The number of imide groups is 1. The number of nitrogens with one attached hydrogen (secondary N) is 2. The third-order valence-electron chi connectivity index (χ3n) is 5.20. The molecule has 1 aliphatic carbocycles. The molecule has 0 bridgehead atoms. The molecule has 2 aliphatic rings. The molecule has 1 saturated carbocycles. The van der Waals surface area contributed by atoms with Crippen LogP contribution in [-0.2, 0) is 19.1 Å². The highest BCUT2D eigenvalue weighted by atomic mass is 16.5. The summed E-state index contributed by atoms with van der Waals surface area (Å²) in [5, 5.41) is 4.98. The van der Waals surface area contributed by atoms with Crippen LogP contribution in [0.4, 0.5) is 10.5 Å². The second-order valence-electron chi connectivity index (χ2n) is 7.48. The van der Waals surface area contributed by atoms with Crippen LogP contribution in [0.15, 0.2) is 24.3 Å². The predicted molar refractivity (Wildman–Crippen MR) is 108 cm³/mol. The van der Waals surface area contributed by atoms with Gasteiger partial charge in [-0.25, -0.2) is 4.79 Å². The summed E-state index contributed by atoms with van der Waals surface area (Å²) in [4.78, 5) is 49.8. The molecular formula is C21H27N3O6. The van der Waals surface area contributed by atoms with Gasteiger partial charge in [0.25, 0.3) is 11.8 Å². The number of ether oxygens (including phenoxy) is 2. The van der Waals surface area contributed by atoms with Gasteiger partial charge in [0.1, 0.15) is 5.75 Å². The van der Waals surface area contributed by atoms with Gasteiger partial charge in [0, 0.05) is 12.6 Å². The fraction of sp³-hybridized carbons (Fsp3) is 0.524. The minimum atomic E-state index is -1.12. The quantitative estimate of drug-likeness (QED) is 0.684. The number of anilines is 1. The zero-order valence-corrected chi connectivity index (χ0v) is 17.0. The molecule has 0 saturated heterocycles. The number of carbonyl (C=O) groups excluding carboxylic acids is 4. The Morgan fingerprint density at radius 2 is 1.93 bits per heavy atom. The number of esters is 1. The molecule has 9 heteroatoms. The van der Waals surface area contributed by atoms with Crippen LogP contribution >= 0.6 is 0 Å². The van der Waals surface area contributed by atoms with Crippen molar-refractivity contribution in [3.05, 3.63) is 24.3 Å². The Labute approximate surface area is 175 Å². The van der Waals surface area contributed by atoms with E-state index in [2.05, 4.69) is 10.6 Å². The smallest absolute Gasteiger partial charge is 0.321 e. The molecule has 3 rings (SSSR count). The number of rotatable bonds is 6. The third-order valence-corrected chi connectivity index (χ3v) is 5.20. The minimum absolute atomic E-state index is 0.0679. The lowest BCUT2D eigenvalue weighted by atomic mass is 9.96. The Hall–Kier alpha value is -3.10. The fourth-order valence-corrected chi connectivity index (χ4v) is 3.59. The van der Waals surface area contributed by atoms with E-state index in [1.54, 1.807) is 24.3 Å². The van der Waals surface area contributed by atoms with Crippen molar-refractivity contribution in [3.8, 4) is 5.75 Å². The summed E-state index contributed by atoms with van der Waals surface area (Å²) in [7, 11) is 0. The van der Waals surface area contributed by atoms with Gasteiger partial charge in [0.05, 0.1) is 12.1 Å². The van der Waals surface area contributed by atoms with Gasteiger partial charge in [0.2, 0.25) is 0 Å². The van der Waals surface area contributed by atoms with Crippen molar-refractivity contribution in [2.45, 2.75) is 57.6 Å². The van der Waals surface area contributed by atoms with Gasteiger partial charge in [-0.05, 0) is 31.9 Å². The standard InChI is InChI=1S/C21H27N3O6/c1-14(20(27)23-21(28)22-15-7-3-2-4-8-15)30-19(26)11-12-24-16-9-5-6-10-17(16)29-13-18(24)25/h5-6,9-10,14-15H,2-4,7-8,11-13H2,1H3,(H2,22,23,27,28)/t14-/m0/s1. The van der Waals surface area contributed by atoms with Crippen LogP contribution in [0, 0.1) is 0 Å². The van der Waals surface area contributed by atoms with E-state index >= 15 is 0 Å². The molecule has 0 spiro atoms. The van der Waals surface area contributed by atoms with Crippen molar-refractivity contribution in [2.24, 2.45) is 0 Å². The normalized spacial score (nSPS) is 17.4. The summed E-state index contributed by atoms with van der Waals surface area (Å²) in [6, 6.07) is 6.54. The summed E-state index contributed by atoms with van der Waals surface area (Å²) in [5.41, 5.74) is 0.590. The summed E-state index contributed by atoms with van der Waals surface area (Å²) >= 11 is 0. The molecule has 0 radical (unpaired) electrons. The number of fused-ring (bicyclic) bond motifs is 1. The Bertz CT molecular complexity index is 806. The lowest BCUT2D eigenvalue weighted by Gasteiger charge is -2.29. The molecule has 1 heterocycles. The van der Waals surface area contributed by atoms with E-state index in [9.17, 15) is 19.2 Å². The van der Waals surface area contributed by atoms with Crippen LogP contribution in [-0.4, -0.2) is 49.1 Å². The van der Waals surface area contributed by atoms with Crippen molar-refractivity contribution < 1.29 is 28.7 Å². The van der Waals surface area contributed by atoms with Crippen LogP contribution in [0.25, 0.3) is 0 Å². The molecule has 1 aromatic carbocycles. The molecule has 1 aromatic rings. The SMILES string of the molecule is C[C@H](OC(=O)CCN1C(=O)COc2ccccc21)C(=O)NC(=O)NC1CCCCC1. The number of nitrogens with zero attached hydrogens (tertiary/aromatic N) is 1. The van der Waals surface area contributed by atoms with Crippen LogP contribution in [0.5, 0.6) is 5.75 Å². The Morgan fingerprint density at radius 3 is 2.70 bits per heavy atom. The molecule has 4 amide bonds. The summed E-state index contributed by atoms with van der Waals surface area (Å²) in [5.74, 6) is -1.01. The van der Waals surface area contributed by atoms with Crippen molar-refractivity contribution in [1.29, 1.82) is 0 Å². The lowest BCUT2D eigenvalue weighted by molar-refractivity contribution is -0.154. The van der Waals surface area contributed by atoms with Gasteiger partial charge in [-0.1, -0.05) is 31.4 Å². The average molecular weight is 417 g/mol. The largest absolute Gasteiger partial charge is 0.482 e. The number of carbonyl (C=O) groups is 4. The highest BCUT2D eigenvalue weighted by Crippen LogP contribution is 2.31. The number of benzene rings is 1. The second kappa shape index (κ2) is 10.1.